The summed E-state index contributed by atoms with van der Waals surface area (Å²) in [6.07, 6.45) is 1.53. The van der Waals surface area contributed by atoms with Gasteiger partial charge in [0.05, 0.1) is 6.54 Å². The predicted molar refractivity (Wildman–Crippen MR) is 44.1 cm³/mol. The smallest absolute Gasteiger partial charge is 0.258 e. The Labute approximate surface area is 71.5 Å². The van der Waals surface area contributed by atoms with Gasteiger partial charge in [0.25, 0.3) is 5.91 Å². The van der Waals surface area contributed by atoms with E-state index in [1.165, 1.54) is 0 Å². The number of hydrogen-bond donors (Lipinski definition) is 1. The molecule has 3 heteroatoms. The number of alkyl halides is 1. The van der Waals surface area contributed by atoms with E-state index in [0.717, 1.165) is 6.42 Å². The molecule has 0 aliphatic heterocycles. The highest BCUT2D eigenvalue weighted by Gasteiger charge is 2.44. The average molecular weight is 169 g/mol. The Morgan fingerprint density at radius 3 is 2.75 bits per heavy atom. The van der Waals surface area contributed by atoms with E-state index in [1.54, 1.807) is 6.92 Å². The third-order valence-corrected chi connectivity index (χ3v) is 2.07. The summed E-state index contributed by atoms with van der Waals surface area (Å²) in [5, 5.41) is 2.44. The van der Waals surface area contributed by atoms with Crippen LogP contribution in [0.25, 0.3) is 0 Å². The fourth-order valence-corrected chi connectivity index (χ4v) is 1.09. The summed E-state index contributed by atoms with van der Waals surface area (Å²) in [5.74, 6) is 4.77. The van der Waals surface area contributed by atoms with Crippen molar-refractivity contribution in [2.45, 2.75) is 31.9 Å². The van der Waals surface area contributed by atoms with Crippen LogP contribution in [0.3, 0.4) is 0 Å². The molecule has 1 N–H and O–H groups in total. The van der Waals surface area contributed by atoms with Crippen molar-refractivity contribution in [3.63, 3.8) is 0 Å². The summed E-state index contributed by atoms with van der Waals surface area (Å²) in [6, 6.07) is 0. The minimum atomic E-state index is -1.59. The summed E-state index contributed by atoms with van der Waals surface area (Å²) >= 11 is 0. The molecule has 66 valence electrons. The van der Waals surface area contributed by atoms with E-state index in [-0.39, 0.29) is 6.54 Å². The minimum Gasteiger partial charge on any atom is -0.342 e. The number of amides is 1. The van der Waals surface area contributed by atoms with E-state index in [1.807, 2.05) is 0 Å². The van der Waals surface area contributed by atoms with Gasteiger partial charge in [0.1, 0.15) is 0 Å². The van der Waals surface area contributed by atoms with Crippen molar-refractivity contribution < 1.29 is 9.18 Å². The van der Waals surface area contributed by atoms with Crippen LogP contribution in [0.1, 0.15) is 26.2 Å². The van der Waals surface area contributed by atoms with Gasteiger partial charge in [-0.05, 0) is 26.2 Å². The van der Waals surface area contributed by atoms with Crippen LogP contribution < -0.4 is 5.32 Å². The number of carbonyl (C=O) groups is 1. The van der Waals surface area contributed by atoms with E-state index < -0.39 is 11.6 Å². The van der Waals surface area contributed by atoms with Gasteiger partial charge in [-0.25, -0.2) is 4.39 Å². The molecule has 2 nitrogen and oxygen atoms in total. The summed E-state index contributed by atoms with van der Waals surface area (Å²) in [6.45, 7) is 1.93. The molecule has 0 radical (unpaired) electrons. The Bertz CT molecular complexity index is 235. The summed E-state index contributed by atoms with van der Waals surface area (Å²) in [5.41, 5.74) is -1.59. The summed E-state index contributed by atoms with van der Waals surface area (Å²) < 4.78 is 13.3. The van der Waals surface area contributed by atoms with Crippen LogP contribution in [-0.4, -0.2) is 18.1 Å². The summed E-state index contributed by atoms with van der Waals surface area (Å²) in [7, 11) is 0. The standard InChI is InChI=1S/C9H12FNO/c1-2-3-7-11-8(12)9(10)5-4-6-9/h4-7H2,1H3,(H,11,12). The normalized spacial score (nSPS) is 18.5. The molecule has 0 unspecified atom stereocenters. The monoisotopic (exact) mass is 169 g/mol. The van der Waals surface area contributed by atoms with Crippen LogP contribution in [0.15, 0.2) is 0 Å². The van der Waals surface area contributed by atoms with Crippen LogP contribution in [0.4, 0.5) is 4.39 Å². The zero-order valence-electron chi connectivity index (χ0n) is 7.11. The van der Waals surface area contributed by atoms with Crippen molar-refractivity contribution in [2.75, 3.05) is 6.54 Å². The Morgan fingerprint density at radius 2 is 2.33 bits per heavy atom. The highest BCUT2D eigenvalue weighted by Crippen LogP contribution is 2.35. The van der Waals surface area contributed by atoms with Crippen LogP contribution in [0.2, 0.25) is 0 Å². The van der Waals surface area contributed by atoms with E-state index in [4.69, 9.17) is 0 Å². The van der Waals surface area contributed by atoms with Crippen molar-refractivity contribution in [3.05, 3.63) is 0 Å². The maximum Gasteiger partial charge on any atom is 0.258 e. The maximum absolute atomic E-state index is 13.3. The zero-order valence-corrected chi connectivity index (χ0v) is 7.11. The molecule has 1 saturated carbocycles. The lowest BCUT2D eigenvalue weighted by Crippen LogP contribution is -2.48. The first kappa shape index (κ1) is 9.05. The van der Waals surface area contributed by atoms with E-state index in [2.05, 4.69) is 17.2 Å². The van der Waals surface area contributed by atoms with Crippen molar-refractivity contribution in [3.8, 4) is 11.8 Å². The molecule has 1 aliphatic rings. The van der Waals surface area contributed by atoms with Crippen LogP contribution in [0, 0.1) is 11.8 Å². The molecule has 0 bridgehead atoms. The number of rotatable bonds is 2. The molecule has 1 fully saturated rings. The number of hydrogen-bond acceptors (Lipinski definition) is 1. The van der Waals surface area contributed by atoms with Crippen molar-refractivity contribution >= 4 is 5.91 Å². The quantitative estimate of drug-likeness (QED) is 0.614. The van der Waals surface area contributed by atoms with E-state index in [9.17, 15) is 9.18 Å². The van der Waals surface area contributed by atoms with Gasteiger partial charge < -0.3 is 5.32 Å². The van der Waals surface area contributed by atoms with Gasteiger partial charge in [0, 0.05) is 0 Å². The minimum absolute atomic E-state index is 0.251. The Balaban J connectivity index is 2.31. The van der Waals surface area contributed by atoms with Gasteiger partial charge in [-0.1, -0.05) is 5.92 Å². The molecule has 1 amide bonds. The molecule has 0 saturated heterocycles. The SMILES string of the molecule is CC#CCNC(=O)C1(F)CCC1. The Morgan fingerprint density at radius 1 is 1.67 bits per heavy atom. The third kappa shape index (κ3) is 1.76. The topological polar surface area (TPSA) is 29.1 Å². The fraction of sp³-hybridized carbons (Fsp3) is 0.667. The van der Waals surface area contributed by atoms with Crippen LogP contribution in [-0.2, 0) is 4.79 Å². The molecule has 0 heterocycles. The van der Waals surface area contributed by atoms with Crippen LogP contribution in [0.5, 0.6) is 0 Å². The number of carbonyl (C=O) groups excluding carboxylic acids is 1. The second kappa shape index (κ2) is 3.57. The van der Waals surface area contributed by atoms with Gasteiger partial charge in [0.15, 0.2) is 5.67 Å². The number of halogens is 1. The molecule has 1 aliphatic carbocycles. The second-order valence-electron chi connectivity index (χ2n) is 2.93. The Kier molecular flexibility index (Phi) is 2.69. The van der Waals surface area contributed by atoms with Crippen molar-refractivity contribution in [1.29, 1.82) is 0 Å². The molecule has 1 rings (SSSR count). The van der Waals surface area contributed by atoms with Gasteiger partial charge in [-0.15, -0.1) is 5.92 Å². The highest BCUT2D eigenvalue weighted by atomic mass is 19.1. The molecule has 0 atom stereocenters. The van der Waals surface area contributed by atoms with Gasteiger partial charge in [0.2, 0.25) is 0 Å². The first-order valence-corrected chi connectivity index (χ1v) is 4.06. The van der Waals surface area contributed by atoms with Crippen LogP contribution >= 0.6 is 0 Å². The van der Waals surface area contributed by atoms with Crippen molar-refractivity contribution in [1.82, 2.24) is 5.32 Å². The van der Waals surface area contributed by atoms with E-state index >= 15 is 0 Å². The molecule has 0 aromatic rings. The molecule has 0 aromatic heterocycles. The summed E-state index contributed by atoms with van der Waals surface area (Å²) in [4.78, 5) is 11.1. The van der Waals surface area contributed by atoms with Gasteiger partial charge in [-0.2, -0.15) is 0 Å². The third-order valence-electron chi connectivity index (χ3n) is 2.07. The lowest BCUT2D eigenvalue weighted by molar-refractivity contribution is -0.138. The first-order chi connectivity index (χ1) is 5.69. The first-order valence-electron chi connectivity index (χ1n) is 4.06. The molecule has 0 aromatic carbocycles. The van der Waals surface area contributed by atoms with Gasteiger partial charge in [-0.3, -0.25) is 4.79 Å². The lowest BCUT2D eigenvalue weighted by atomic mass is 9.81. The number of nitrogens with one attached hydrogen (secondary N) is 1. The molecular weight excluding hydrogens is 157 g/mol. The lowest BCUT2D eigenvalue weighted by Gasteiger charge is -2.31. The largest absolute Gasteiger partial charge is 0.342 e. The van der Waals surface area contributed by atoms with E-state index in [0.29, 0.717) is 12.8 Å². The predicted octanol–water partition coefficient (Wildman–Crippen LogP) is 1.02. The Hall–Kier alpha value is -1.04. The maximum atomic E-state index is 13.3. The fourth-order valence-electron chi connectivity index (χ4n) is 1.09. The highest BCUT2D eigenvalue weighted by molar-refractivity contribution is 5.86. The second-order valence-corrected chi connectivity index (χ2v) is 2.93. The molecule has 12 heavy (non-hydrogen) atoms. The van der Waals surface area contributed by atoms with Gasteiger partial charge >= 0.3 is 0 Å². The van der Waals surface area contributed by atoms with Crippen molar-refractivity contribution in [2.24, 2.45) is 0 Å². The molecular formula is C9H12FNO. The average Bonchev–Trinajstić information content (AvgIpc) is 2.00. The zero-order chi connectivity index (χ0) is 9.03. The molecule has 0 spiro atoms.